The molecule has 0 heterocycles. The number of benzene rings is 1. The van der Waals surface area contributed by atoms with Crippen molar-refractivity contribution in [2.75, 3.05) is 12.5 Å². The maximum atomic E-state index is 10.1. The molecule has 1 aromatic rings. The highest BCUT2D eigenvalue weighted by Gasteiger charge is 1.92. The third kappa shape index (κ3) is 13.2. The van der Waals surface area contributed by atoms with E-state index in [-0.39, 0.29) is 0 Å². The van der Waals surface area contributed by atoms with E-state index in [1.54, 1.807) is 30.3 Å². The molecule has 0 saturated heterocycles. The third-order valence-corrected chi connectivity index (χ3v) is 1.36. The van der Waals surface area contributed by atoms with Gasteiger partial charge >= 0.3 is 8.25 Å². The molecular formula is C8H13O5PS. The fourth-order valence-electron chi connectivity index (χ4n) is 0.589. The fourth-order valence-corrected chi connectivity index (χ4v) is 0.927. The summed E-state index contributed by atoms with van der Waals surface area (Å²) >= 11 is 0. The number of para-hydroxylation sites is 1. The lowest BCUT2D eigenvalue weighted by Crippen LogP contribution is -1.86. The molecule has 0 saturated carbocycles. The number of hydrogen-bond acceptors (Lipinski definition) is 4. The van der Waals surface area contributed by atoms with Crippen molar-refractivity contribution in [3.05, 3.63) is 30.3 Å². The fraction of sp³-hybridized carbons (Fsp3) is 0.250. The van der Waals surface area contributed by atoms with Gasteiger partial charge in [-0.2, -0.15) is 0 Å². The molecule has 0 bridgehead atoms. The van der Waals surface area contributed by atoms with Crippen LogP contribution in [0.2, 0.25) is 0 Å². The van der Waals surface area contributed by atoms with Crippen molar-refractivity contribution in [1.29, 1.82) is 0 Å². The van der Waals surface area contributed by atoms with Crippen LogP contribution in [0.25, 0.3) is 0 Å². The second kappa shape index (κ2) is 6.61. The van der Waals surface area contributed by atoms with Crippen molar-refractivity contribution < 1.29 is 22.4 Å². The first kappa shape index (κ1) is 14.2. The van der Waals surface area contributed by atoms with Gasteiger partial charge in [0, 0.05) is 12.5 Å². The molecule has 0 spiro atoms. The number of rotatable bonds is 2. The quantitative estimate of drug-likeness (QED) is 0.797. The molecule has 1 rings (SSSR count). The SMILES string of the molecule is CS(C)(=O)=O.O=[PH](O)Oc1ccccc1. The second-order valence-corrected chi connectivity index (χ2v) is 5.85. The van der Waals surface area contributed by atoms with Crippen molar-refractivity contribution in [2.45, 2.75) is 0 Å². The summed E-state index contributed by atoms with van der Waals surface area (Å²) < 4.78 is 33.9. The van der Waals surface area contributed by atoms with Crippen molar-refractivity contribution in [3.63, 3.8) is 0 Å². The van der Waals surface area contributed by atoms with Gasteiger partial charge in [0.25, 0.3) is 0 Å². The molecule has 0 aromatic heterocycles. The van der Waals surface area contributed by atoms with Crippen LogP contribution in [0.1, 0.15) is 0 Å². The molecule has 1 N–H and O–H groups in total. The Morgan fingerprint density at radius 1 is 1.20 bits per heavy atom. The molecule has 0 aliphatic heterocycles. The molecular weight excluding hydrogens is 239 g/mol. The summed E-state index contributed by atoms with van der Waals surface area (Å²) in [6, 6.07) is 8.53. The van der Waals surface area contributed by atoms with Crippen LogP contribution in [0.4, 0.5) is 0 Å². The lowest BCUT2D eigenvalue weighted by atomic mass is 10.3. The normalized spacial score (nSPS) is 12.2. The van der Waals surface area contributed by atoms with Gasteiger partial charge in [-0.1, -0.05) is 18.2 Å². The maximum Gasteiger partial charge on any atom is 0.365 e. The minimum absolute atomic E-state index is 0.425. The molecule has 0 aliphatic carbocycles. The van der Waals surface area contributed by atoms with Crippen LogP contribution in [0, 0.1) is 0 Å². The highest BCUT2D eigenvalue weighted by atomic mass is 32.2. The van der Waals surface area contributed by atoms with Crippen molar-refractivity contribution in [1.82, 2.24) is 0 Å². The Hall–Kier alpha value is -0.840. The lowest BCUT2D eigenvalue weighted by molar-refractivity contribution is 0.410. The van der Waals surface area contributed by atoms with Crippen LogP contribution in [0.5, 0.6) is 5.75 Å². The van der Waals surface area contributed by atoms with Crippen LogP contribution in [-0.2, 0) is 14.4 Å². The van der Waals surface area contributed by atoms with Gasteiger partial charge in [0.05, 0.1) is 0 Å². The summed E-state index contributed by atoms with van der Waals surface area (Å²) in [5, 5.41) is 0. The average molecular weight is 252 g/mol. The van der Waals surface area contributed by atoms with Crippen LogP contribution in [0.15, 0.2) is 30.3 Å². The molecule has 7 heteroatoms. The minimum Gasteiger partial charge on any atom is -0.426 e. The zero-order valence-electron chi connectivity index (χ0n) is 8.38. The lowest BCUT2D eigenvalue weighted by Gasteiger charge is -1.98. The molecule has 5 nitrogen and oxygen atoms in total. The molecule has 86 valence electrons. The Kier molecular flexibility index (Phi) is 6.24. The highest BCUT2D eigenvalue weighted by Crippen LogP contribution is 2.21. The van der Waals surface area contributed by atoms with E-state index in [2.05, 4.69) is 4.52 Å². The van der Waals surface area contributed by atoms with E-state index in [1.807, 2.05) is 0 Å². The molecule has 1 atom stereocenters. The smallest absolute Gasteiger partial charge is 0.365 e. The Morgan fingerprint density at radius 3 is 1.93 bits per heavy atom. The van der Waals surface area contributed by atoms with Crippen LogP contribution in [-0.4, -0.2) is 25.8 Å². The molecule has 0 amide bonds. The van der Waals surface area contributed by atoms with E-state index < -0.39 is 18.1 Å². The predicted octanol–water partition coefficient (Wildman–Crippen LogP) is 1.11. The zero-order valence-corrected chi connectivity index (χ0v) is 10.2. The summed E-state index contributed by atoms with van der Waals surface area (Å²) in [6.07, 6.45) is 2.32. The van der Waals surface area contributed by atoms with E-state index in [9.17, 15) is 13.0 Å². The third-order valence-electron chi connectivity index (χ3n) is 0.948. The molecule has 1 unspecified atom stereocenters. The highest BCUT2D eigenvalue weighted by molar-refractivity contribution is 7.89. The molecule has 15 heavy (non-hydrogen) atoms. The summed E-state index contributed by atoms with van der Waals surface area (Å²) in [7, 11) is -5.50. The van der Waals surface area contributed by atoms with Crippen LogP contribution in [0.3, 0.4) is 0 Å². The first-order valence-corrected chi connectivity index (χ1v) is 7.46. The largest absolute Gasteiger partial charge is 0.426 e. The van der Waals surface area contributed by atoms with Gasteiger partial charge in [-0.3, -0.25) is 0 Å². The van der Waals surface area contributed by atoms with Gasteiger partial charge in [0.2, 0.25) is 0 Å². The van der Waals surface area contributed by atoms with Crippen molar-refractivity contribution in [2.24, 2.45) is 0 Å². The second-order valence-electron chi connectivity index (χ2n) is 2.82. The number of sulfone groups is 1. The Labute approximate surface area is 89.6 Å². The summed E-state index contributed by atoms with van der Waals surface area (Å²) in [4.78, 5) is 8.33. The molecule has 1 aromatic carbocycles. The minimum atomic E-state index is -2.84. The summed E-state index contributed by atoms with van der Waals surface area (Å²) in [5.41, 5.74) is 0. The van der Waals surface area contributed by atoms with Gasteiger partial charge in [0.15, 0.2) is 0 Å². The van der Waals surface area contributed by atoms with E-state index in [4.69, 9.17) is 4.89 Å². The van der Waals surface area contributed by atoms with Crippen molar-refractivity contribution >= 4 is 18.1 Å². The Bertz CT molecular complexity index is 392. The van der Waals surface area contributed by atoms with Crippen LogP contribution >= 0.6 is 8.25 Å². The van der Waals surface area contributed by atoms with Gasteiger partial charge in [-0.25, -0.2) is 13.0 Å². The van der Waals surface area contributed by atoms with E-state index in [0.717, 1.165) is 12.5 Å². The van der Waals surface area contributed by atoms with E-state index in [0.29, 0.717) is 5.75 Å². The Balaban J connectivity index is 0.000000336. The van der Waals surface area contributed by atoms with E-state index >= 15 is 0 Å². The zero-order chi connectivity index (χ0) is 11.9. The van der Waals surface area contributed by atoms with Crippen molar-refractivity contribution in [3.8, 4) is 5.75 Å². The van der Waals surface area contributed by atoms with Gasteiger partial charge in [0.1, 0.15) is 15.6 Å². The Morgan fingerprint density at radius 2 is 1.60 bits per heavy atom. The monoisotopic (exact) mass is 252 g/mol. The predicted molar refractivity (Wildman–Crippen MR) is 59.1 cm³/mol. The summed E-state index contributed by atoms with van der Waals surface area (Å²) in [5.74, 6) is 0.425. The van der Waals surface area contributed by atoms with E-state index in [1.165, 1.54) is 0 Å². The van der Waals surface area contributed by atoms with Crippen LogP contribution < -0.4 is 4.52 Å². The molecule has 0 radical (unpaired) electrons. The summed E-state index contributed by atoms with van der Waals surface area (Å²) in [6.45, 7) is 0. The molecule has 0 fully saturated rings. The standard InChI is InChI=1S/C6H7O3P.C2H6O2S/c7-10(8)9-6-4-2-1-3-5-6;1-5(2,3)4/h1-5,10H,(H,7,8);1-2H3. The topological polar surface area (TPSA) is 80.7 Å². The van der Waals surface area contributed by atoms with Gasteiger partial charge < -0.3 is 9.42 Å². The first-order chi connectivity index (χ1) is 6.79. The maximum absolute atomic E-state index is 10.1. The average Bonchev–Trinajstić information content (AvgIpc) is 2.01. The first-order valence-electron chi connectivity index (χ1n) is 3.90. The number of hydrogen-bond donors (Lipinski definition) is 1. The van der Waals surface area contributed by atoms with Gasteiger partial charge in [-0.15, -0.1) is 0 Å². The van der Waals surface area contributed by atoms with Gasteiger partial charge in [-0.05, 0) is 12.1 Å². The molecule has 0 aliphatic rings.